The number of nitrogens with two attached hydrogens (primary N) is 1. The molecule has 1 unspecified atom stereocenters. The molecule has 1 heterocycles. The monoisotopic (exact) mass is 219 g/mol. The third-order valence-corrected chi connectivity index (χ3v) is 3.32. The van der Waals surface area contributed by atoms with Gasteiger partial charge in [0.1, 0.15) is 5.82 Å². The highest BCUT2D eigenvalue weighted by Gasteiger charge is 2.15. The van der Waals surface area contributed by atoms with Crippen molar-refractivity contribution in [2.45, 2.75) is 39.2 Å². The van der Waals surface area contributed by atoms with Crippen LogP contribution in [-0.4, -0.2) is 17.6 Å². The average molecular weight is 219 g/mol. The molecule has 1 aromatic rings. The summed E-state index contributed by atoms with van der Waals surface area (Å²) in [4.78, 5) is 4.66. The van der Waals surface area contributed by atoms with Crippen molar-refractivity contribution in [2.24, 2.45) is 11.7 Å². The van der Waals surface area contributed by atoms with Crippen molar-refractivity contribution < 1.29 is 0 Å². The van der Waals surface area contributed by atoms with Crippen molar-refractivity contribution in [2.75, 3.05) is 11.9 Å². The molecule has 0 saturated carbocycles. The fourth-order valence-corrected chi connectivity index (χ4v) is 2.19. The number of nitrogens with zero attached hydrogens (tertiary/aromatic N) is 1. The van der Waals surface area contributed by atoms with E-state index in [1.807, 2.05) is 0 Å². The lowest BCUT2D eigenvalue weighted by Gasteiger charge is -2.21. The Morgan fingerprint density at radius 1 is 1.38 bits per heavy atom. The Morgan fingerprint density at radius 3 is 2.88 bits per heavy atom. The van der Waals surface area contributed by atoms with Gasteiger partial charge in [0, 0.05) is 18.3 Å². The van der Waals surface area contributed by atoms with Crippen LogP contribution < -0.4 is 11.1 Å². The summed E-state index contributed by atoms with van der Waals surface area (Å²) in [6.07, 6.45) is 3.56. The first-order valence-electron chi connectivity index (χ1n) is 6.16. The van der Waals surface area contributed by atoms with Gasteiger partial charge >= 0.3 is 0 Å². The number of aromatic nitrogens is 1. The number of pyridine rings is 1. The van der Waals surface area contributed by atoms with Gasteiger partial charge in [-0.1, -0.05) is 19.9 Å². The molecule has 3 nitrogen and oxygen atoms in total. The molecule has 1 atom stereocenters. The molecule has 1 aromatic heterocycles. The lowest BCUT2D eigenvalue weighted by Crippen LogP contribution is -2.34. The molecule has 0 amide bonds. The summed E-state index contributed by atoms with van der Waals surface area (Å²) in [5.41, 5.74) is 8.43. The van der Waals surface area contributed by atoms with Gasteiger partial charge in [0.05, 0.1) is 0 Å². The minimum atomic E-state index is 0.312. The van der Waals surface area contributed by atoms with Gasteiger partial charge < -0.3 is 11.1 Å². The predicted octanol–water partition coefficient (Wildman–Crippen LogP) is 1.97. The molecule has 0 fully saturated rings. The maximum Gasteiger partial charge on any atom is 0.126 e. The summed E-state index contributed by atoms with van der Waals surface area (Å²) in [7, 11) is 0. The minimum Gasteiger partial charge on any atom is -0.366 e. The van der Waals surface area contributed by atoms with Crippen molar-refractivity contribution in [1.82, 2.24) is 4.98 Å². The van der Waals surface area contributed by atoms with Crippen molar-refractivity contribution in [3.05, 3.63) is 23.4 Å². The van der Waals surface area contributed by atoms with Crippen LogP contribution in [0.25, 0.3) is 0 Å². The van der Waals surface area contributed by atoms with E-state index in [4.69, 9.17) is 5.73 Å². The summed E-state index contributed by atoms with van der Waals surface area (Å²) in [5.74, 6) is 1.50. The van der Waals surface area contributed by atoms with Gasteiger partial charge in [-0.15, -0.1) is 0 Å². The fraction of sp³-hybridized carbons (Fsp3) is 0.615. The summed E-state index contributed by atoms with van der Waals surface area (Å²) in [6, 6.07) is 4.59. The third kappa shape index (κ3) is 2.35. The molecule has 1 aliphatic carbocycles. The predicted molar refractivity (Wildman–Crippen MR) is 67.6 cm³/mol. The second kappa shape index (κ2) is 4.83. The summed E-state index contributed by atoms with van der Waals surface area (Å²) in [6.45, 7) is 5.01. The molecule has 1 aliphatic rings. The van der Waals surface area contributed by atoms with Crippen LogP contribution in [-0.2, 0) is 12.8 Å². The average Bonchev–Trinajstić information content (AvgIpc) is 2.72. The van der Waals surface area contributed by atoms with Crippen molar-refractivity contribution in [1.29, 1.82) is 0 Å². The Hall–Kier alpha value is -1.09. The van der Waals surface area contributed by atoms with Crippen LogP contribution in [0.15, 0.2) is 12.1 Å². The third-order valence-electron chi connectivity index (χ3n) is 3.32. The molecule has 0 spiro atoms. The summed E-state index contributed by atoms with van der Waals surface area (Å²) < 4.78 is 0. The fourth-order valence-electron chi connectivity index (χ4n) is 2.19. The second-order valence-corrected chi connectivity index (χ2v) is 4.89. The lowest BCUT2D eigenvalue weighted by atomic mass is 10.0. The number of hydrogen-bond donors (Lipinski definition) is 2. The van der Waals surface area contributed by atoms with Crippen LogP contribution in [0.2, 0.25) is 0 Å². The Morgan fingerprint density at radius 2 is 2.19 bits per heavy atom. The van der Waals surface area contributed by atoms with Crippen LogP contribution in [0, 0.1) is 5.92 Å². The molecule has 2 rings (SSSR count). The van der Waals surface area contributed by atoms with E-state index in [2.05, 4.69) is 36.3 Å². The Bertz CT molecular complexity index is 360. The first-order valence-corrected chi connectivity index (χ1v) is 6.16. The van der Waals surface area contributed by atoms with Crippen LogP contribution in [0.4, 0.5) is 5.82 Å². The molecule has 16 heavy (non-hydrogen) atoms. The highest BCUT2D eigenvalue weighted by atomic mass is 15.0. The van der Waals surface area contributed by atoms with E-state index in [1.165, 1.54) is 24.1 Å². The molecule has 0 aromatic carbocycles. The van der Waals surface area contributed by atoms with Gasteiger partial charge in [0.25, 0.3) is 0 Å². The summed E-state index contributed by atoms with van der Waals surface area (Å²) in [5, 5.41) is 3.42. The van der Waals surface area contributed by atoms with Gasteiger partial charge in [-0.3, -0.25) is 0 Å². The Kier molecular flexibility index (Phi) is 3.44. The zero-order valence-corrected chi connectivity index (χ0v) is 10.2. The topological polar surface area (TPSA) is 50.9 Å². The lowest BCUT2D eigenvalue weighted by molar-refractivity contribution is 0.530. The van der Waals surface area contributed by atoms with Crippen LogP contribution in [0.3, 0.4) is 0 Å². The minimum absolute atomic E-state index is 0.312. The van der Waals surface area contributed by atoms with E-state index < -0.39 is 0 Å². The number of hydrogen-bond acceptors (Lipinski definition) is 3. The molecular weight excluding hydrogens is 198 g/mol. The molecule has 88 valence electrons. The number of nitrogens with one attached hydrogen (secondary N) is 1. The molecule has 0 radical (unpaired) electrons. The summed E-state index contributed by atoms with van der Waals surface area (Å²) >= 11 is 0. The van der Waals surface area contributed by atoms with E-state index in [1.54, 1.807) is 0 Å². The molecule has 3 heteroatoms. The molecular formula is C13H21N3. The number of anilines is 1. The van der Waals surface area contributed by atoms with E-state index in [9.17, 15) is 0 Å². The SMILES string of the molecule is CC(C)C(CN)Nc1ccc2c(n1)CCC2. The maximum absolute atomic E-state index is 5.74. The Balaban J connectivity index is 2.10. The quantitative estimate of drug-likeness (QED) is 0.814. The van der Waals surface area contributed by atoms with Crippen molar-refractivity contribution in [3.8, 4) is 0 Å². The zero-order valence-electron chi connectivity index (χ0n) is 10.2. The van der Waals surface area contributed by atoms with E-state index in [0.29, 0.717) is 18.5 Å². The van der Waals surface area contributed by atoms with Gasteiger partial charge in [-0.05, 0) is 36.8 Å². The largest absolute Gasteiger partial charge is 0.366 e. The van der Waals surface area contributed by atoms with E-state index >= 15 is 0 Å². The standard InChI is InChI=1S/C13H21N3/c1-9(2)12(8-14)16-13-7-6-10-4-3-5-11(10)15-13/h6-7,9,12H,3-5,8,14H2,1-2H3,(H,15,16). The Labute approximate surface area is 97.5 Å². The van der Waals surface area contributed by atoms with Crippen molar-refractivity contribution in [3.63, 3.8) is 0 Å². The van der Waals surface area contributed by atoms with Crippen LogP contribution >= 0.6 is 0 Å². The number of fused-ring (bicyclic) bond motifs is 1. The number of rotatable bonds is 4. The molecule has 0 aliphatic heterocycles. The smallest absolute Gasteiger partial charge is 0.126 e. The molecule has 0 bridgehead atoms. The first-order chi connectivity index (χ1) is 7.70. The maximum atomic E-state index is 5.74. The van der Waals surface area contributed by atoms with E-state index in [0.717, 1.165) is 12.2 Å². The van der Waals surface area contributed by atoms with Gasteiger partial charge in [-0.2, -0.15) is 0 Å². The van der Waals surface area contributed by atoms with Gasteiger partial charge in [0.2, 0.25) is 0 Å². The number of aryl methyl sites for hydroxylation is 2. The highest BCUT2D eigenvalue weighted by molar-refractivity contribution is 5.41. The first kappa shape index (κ1) is 11.4. The van der Waals surface area contributed by atoms with E-state index in [-0.39, 0.29) is 0 Å². The normalized spacial score (nSPS) is 16.2. The molecule has 0 saturated heterocycles. The van der Waals surface area contributed by atoms with Crippen molar-refractivity contribution >= 4 is 5.82 Å². The van der Waals surface area contributed by atoms with Crippen LogP contribution in [0.5, 0.6) is 0 Å². The van der Waals surface area contributed by atoms with Crippen LogP contribution in [0.1, 0.15) is 31.5 Å². The van der Waals surface area contributed by atoms with Gasteiger partial charge in [-0.25, -0.2) is 4.98 Å². The molecule has 3 N–H and O–H groups in total. The zero-order chi connectivity index (χ0) is 11.5. The van der Waals surface area contributed by atoms with Gasteiger partial charge in [0.15, 0.2) is 0 Å². The second-order valence-electron chi connectivity index (χ2n) is 4.89. The highest BCUT2D eigenvalue weighted by Crippen LogP contribution is 2.22.